The zero-order chi connectivity index (χ0) is 10.4. The number of aliphatic hydroxyl groups is 1. The first-order chi connectivity index (χ1) is 6.72. The van der Waals surface area contributed by atoms with Crippen LogP contribution in [-0.2, 0) is 4.74 Å². The molecule has 0 spiro atoms. The van der Waals surface area contributed by atoms with E-state index in [0.717, 1.165) is 39.1 Å². The first-order valence-electron chi connectivity index (χ1n) is 5.67. The van der Waals surface area contributed by atoms with Crippen molar-refractivity contribution in [2.45, 2.75) is 32.8 Å². The predicted molar refractivity (Wildman–Crippen MR) is 57.3 cm³/mol. The Bertz CT molecular complexity index is 142. The van der Waals surface area contributed by atoms with E-state index < -0.39 is 0 Å². The maximum atomic E-state index is 8.98. The maximum absolute atomic E-state index is 8.98. The van der Waals surface area contributed by atoms with Gasteiger partial charge in [0.2, 0.25) is 0 Å². The minimum absolute atomic E-state index is 0.338. The molecule has 0 aromatic carbocycles. The number of rotatable bonds is 5. The van der Waals surface area contributed by atoms with Gasteiger partial charge in [0, 0.05) is 13.2 Å². The SMILES string of the molecule is CC(C)OCCN1CCC(CO)CC1. The van der Waals surface area contributed by atoms with Gasteiger partial charge in [-0.1, -0.05) is 0 Å². The Labute approximate surface area is 87.1 Å². The smallest absolute Gasteiger partial charge is 0.0596 e. The van der Waals surface area contributed by atoms with Crippen LogP contribution in [0, 0.1) is 5.92 Å². The zero-order valence-corrected chi connectivity index (χ0v) is 9.41. The van der Waals surface area contributed by atoms with E-state index in [1.165, 1.54) is 0 Å². The molecule has 1 heterocycles. The predicted octanol–water partition coefficient (Wildman–Crippen LogP) is 1.12. The fraction of sp³-hybridized carbons (Fsp3) is 1.00. The number of nitrogens with zero attached hydrogens (tertiary/aromatic N) is 1. The third-order valence-corrected chi connectivity index (χ3v) is 2.82. The molecule has 3 heteroatoms. The third-order valence-electron chi connectivity index (χ3n) is 2.82. The Morgan fingerprint density at radius 1 is 1.36 bits per heavy atom. The molecule has 0 radical (unpaired) electrons. The minimum atomic E-state index is 0.338. The number of piperidine rings is 1. The van der Waals surface area contributed by atoms with Gasteiger partial charge in [-0.25, -0.2) is 0 Å². The van der Waals surface area contributed by atoms with E-state index in [4.69, 9.17) is 9.84 Å². The molecule has 0 aliphatic carbocycles. The molecule has 84 valence electrons. The number of likely N-dealkylation sites (tertiary alicyclic amines) is 1. The number of ether oxygens (including phenoxy) is 1. The summed E-state index contributed by atoms with van der Waals surface area (Å²) in [4.78, 5) is 2.43. The average Bonchev–Trinajstić information content (AvgIpc) is 2.18. The van der Waals surface area contributed by atoms with Gasteiger partial charge in [0.05, 0.1) is 12.7 Å². The van der Waals surface area contributed by atoms with Gasteiger partial charge in [-0.05, 0) is 45.7 Å². The zero-order valence-electron chi connectivity index (χ0n) is 9.41. The van der Waals surface area contributed by atoms with Crippen molar-refractivity contribution in [3.8, 4) is 0 Å². The molecule has 1 rings (SSSR count). The van der Waals surface area contributed by atoms with Gasteiger partial charge in [0.1, 0.15) is 0 Å². The van der Waals surface area contributed by atoms with Crippen LogP contribution in [0.3, 0.4) is 0 Å². The summed E-state index contributed by atoms with van der Waals surface area (Å²) in [6.45, 7) is 8.60. The lowest BCUT2D eigenvalue weighted by Crippen LogP contribution is -2.37. The van der Waals surface area contributed by atoms with Crippen LogP contribution in [0.2, 0.25) is 0 Å². The van der Waals surface area contributed by atoms with E-state index in [2.05, 4.69) is 18.7 Å². The fourth-order valence-corrected chi connectivity index (χ4v) is 1.81. The topological polar surface area (TPSA) is 32.7 Å². The highest BCUT2D eigenvalue weighted by atomic mass is 16.5. The summed E-state index contributed by atoms with van der Waals surface area (Å²) in [6, 6.07) is 0. The Hall–Kier alpha value is -0.120. The highest BCUT2D eigenvalue weighted by molar-refractivity contribution is 4.71. The molecular formula is C11H23NO2. The highest BCUT2D eigenvalue weighted by Crippen LogP contribution is 2.15. The van der Waals surface area contributed by atoms with E-state index in [1.807, 2.05) is 0 Å². The second kappa shape index (κ2) is 6.38. The second-order valence-corrected chi connectivity index (χ2v) is 4.39. The van der Waals surface area contributed by atoms with Crippen molar-refractivity contribution in [1.29, 1.82) is 0 Å². The molecule has 1 fully saturated rings. The quantitative estimate of drug-likeness (QED) is 0.723. The second-order valence-electron chi connectivity index (χ2n) is 4.39. The number of hydrogen-bond donors (Lipinski definition) is 1. The lowest BCUT2D eigenvalue weighted by molar-refractivity contribution is 0.0468. The maximum Gasteiger partial charge on any atom is 0.0596 e. The summed E-state index contributed by atoms with van der Waals surface area (Å²) >= 11 is 0. The molecule has 0 aromatic rings. The summed E-state index contributed by atoms with van der Waals surface area (Å²) in [5.74, 6) is 0.539. The molecular weight excluding hydrogens is 178 g/mol. The van der Waals surface area contributed by atoms with Crippen molar-refractivity contribution in [3.05, 3.63) is 0 Å². The fourth-order valence-electron chi connectivity index (χ4n) is 1.81. The monoisotopic (exact) mass is 201 g/mol. The third kappa shape index (κ3) is 4.40. The molecule has 0 atom stereocenters. The van der Waals surface area contributed by atoms with E-state index in [-0.39, 0.29) is 0 Å². The van der Waals surface area contributed by atoms with Gasteiger partial charge in [0.15, 0.2) is 0 Å². The lowest BCUT2D eigenvalue weighted by atomic mass is 9.98. The molecule has 0 amide bonds. The Morgan fingerprint density at radius 2 is 2.00 bits per heavy atom. The number of hydrogen-bond acceptors (Lipinski definition) is 3. The van der Waals surface area contributed by atoms with Gasteiger partial charge in [-0.3, -0.25) is 0 Å². The number of aliphatic hydroxyl groups excluding tert-OH is 1. The van der Waals surface area contributed by atoms with E-state index in [9.17, 15) is 0 Å². The van der Waals surface area contributed by atoms with Crippen LogP contribution in [0.1, 0.15) is 26.7 Å². The Kier molecular flexibility index (Phi) is 5.45. The average molecular weight is 201 g/mol. The van der Waals surface area contributed by atoms with Crippen molar-refractivity contribution in [3.63, 3.8) is 0 Å². The Morgan fingerprint density at radius 3 is 2.50 bits per heavy atom. The summed E-state index contributed by atoms with van der Waals surface area (Å²) in [7, 11) is 0. The van der Waals surface area contributed by atoms with E-state index >= 15 is 0 Å². The van der Waals surface area contributed by atoms with Gasteiger partial charge >= 0.3 is 0 Å². The highest BCUT2D eigenvalue weighted by Gasteiger charge is 2.17. The molecule has 3 nitrogen and oxygen atoms in total. The van der Waals surface area contributed by atoms with E-state index in [1.54, 1.807) is 0 Å². The van der Waals surface area contributed by atoms with Gasteiger partial charge in [-0.15, -0.1) is 0 Å². The minimum Gasteiger partial charge on any atom is -0.396 e. The molecule has 1 aliphatic heterocycles. The van der Waals surface area contributed by atoms with Crippen molar-refractivity contribution < 1.29 is 9.84 Å². The van der Waals surface area contributed by atoms with Crippen molar-refractivity contribution in [1.82, 2.24) is 4.90 Å². The molecule has 14 heavy (non-hydrogen) atoms. The molecule has 1 N–H and O–H groups in total. The van der Waals surface area contributed by atoms with Crippen LogP contribution in [0.5, 0.6) is 0 Å². The standard InChI is InChI=1S/C11H23NO2/c1-10(2)14-8-7-12-5-3-11(9-13)4-6-12/h10-11,13H,3-9H2,1-2H3. The summed E-state index contributed by atoms with van der Waals surface area (Å²) in [6.07, 6.45) is 2.61. The molecule has 0 unspecified atom stereocenters. The molecule has 1 saturated heterocycles. The molecule has 0 aromatic heterocycles. The van der Waals surface area contributed by atoms with Crippen LogP contribution >= 0.6 is 0 Å². The van der Waals surface area contributed by atoms with Crippen LogP contribution < -0.4 is 0 Å². The summed E-state index contributed by atoms with van der Waals surface area (Å²) in [5.41, 5.74) is 0. The molecule has 0 saturated carbocycles. The van der Waals surface area contributed by atoms with Crippen molar-refractivity contribution in [2.24, 2.45) is 5.92 Å². The van der Waals surface area contributed by atoms with Crippen LogP contribution in [-0.4, -0.2) is 49.0 Å². The van der Waals surface area contributed by atoms with Crippen molar-refractivity contribution >= 4 is 0 Å². The molecule has 0 bridgehead atoms. The normalized spacial score (nSPS) is 20.6. The van der Waals surface area contributed by atoms with E-state index in [0.29, 0.717) is 18.6 Å². The van der Waals surface area contributed by atoms with Gasteiger partial charge in [-0.2, -0.15) is 0 Å². The van der Waals surface area contributed by atoms with Gasteiger partial charge < -0.3 is 14.7 Å². The van der Waals surface area contributed by atoms with Crippen molar-refractivity contribution in [2.75, 3.05) is 32.8 Å². The lowest BCUT2D eigenvalue weighted by Gasteiger charge is -2.31. The molecule has 1 aliphatic rings. The van der Waals surface area contributed by atoms with Gasteiger partial charge in [0.25, 0.3) is 0 Å². The van der Waals surface area contributed by atoms with Crippen LogP contribution in [0.4, 0.5) is 0 Å². The largest absolute Gasteiger partial charge is 0.396 e. The Balaban J connectivity index is 2.04. The first-order valence-corrected chi connectivity index (χ1v) is 5.67. The first kappa shape index (κ1) is 12.0. The van der Waals surface area contributed by atoms with Crippen LogP contribution in [0.25, 0.3) is 0 Å². The van der Waals surface area contributed by atoms with Crippen LogP contribution in [0.15, 0.2) is 0 Å². The summed E-state index contributed by atoms with van der Waals surface area (Å²) < 4.78 is 5.51. The summed E-state index contributed by atoms with van der Waals surface area (Å²) in [5, 5.41) is 8.98.